The van der Waals surface area contributed by atoms with Gasteiger partial charge < -0.3 is 15.5 Å². The molecule has 104 valence electrons. The first kappa shape index (κ1) is 13.7. The fourth-order valence-electron chi connectivity index (χ4n) is 2.03. The highest BCUT2D eigenvalue weighted by atomic mass is 16.3. The highest BCUT2D eigenvalue weighted by Gasteiger charge is 2.29. The third-order valence-corrected chi connectivity index (χ3v) is 3.60. The van der Waals surface area contributed by atoms with E-state index in [2.05, 4.69) is 24.2 Å². The van der Waals surface area contributed by atoms with Gasteiger partial charge in [-0.3, -0.25) is 9.69 Å². The lowest BCUT2D eigenvalue weighted by Gasteiger charge is -2.24. The van der Waals surface area contributed by atoms with Crippen molar-refractivity contribution in [2.24, 2.45) is 0 Å². The topological polar surface area (TPSA) is 72.8 Å². The maximum absolute atomic E-state index is 11.9. The Labute approximate surface area is 112 Å². The third kappa shape index (κ3) is 3.38. The van der Waals surface area contributed by atoms with Crippen LogP contribution in [0.2, 0.25) is 0 Å². The number of phenols is 2. The van der Waals surface area contributed by atoms with Crippen LogP contribution in [0.25, 0.3) is 0 Å². The number of likely N-dealkylation sites (N-methyl/N-ethyl adjacent to an activating group) is 1. The van der Waals surface area contributed by atoms with E-state index in [0.717, 1.165) is 6.07 Å². The molecule has 5 nitrogen and oxygen atoms in total. The van der Waals surface area contributed by atoms with E-state index in [0.29, 0.717) is 12.6 Å². The van der Waals surface area contributed by atoms with Gasteiger partial charge in [0.05, 0.1) is 5.56 Å². The van der Waals surface area contributed by atoms with Gasteiger partial charge in [0.2, 0.25) is 0 Å². The van der Waals surface area contributed by atoms with Gasteiger partial charge in [0.15, 0.2) is 0 Å². The van der Waals surface area contributed by atoms with E-state index in [4.69, 9.17) is 0 Å². The highest BCUT2D eigenvalue weighted by Crippen LogP contribution is 2.27. The van der Waals surface area contributed by atoms with E-state index < -0.39 is 0 Å². The number of phenolic OH excluding ortho intramolecular Hbond substituents is 2. The molecular formula is C14H20N2O3. The van der Waals surface area contributed by atoms with Crippen LogP contribution in [0.15, 0.2) is 18.2 Å². The van der Waals surface area contributed by atoms with Crippen LogP contribution in [0.1, 0.15) is 30.1 Å². The second-order valence-electron chi connectivity index (χ2n) is 5.16. The van der Waals surface area contributed by atoms with Gasteiger partial charge in [-0.1, -0.05) is 0 Å². The summed E-state index contributed by atoms with van der Waals surface area (Å²) in [5, 5.41) is 21.6. The number of amides is 1. The molecule has 1 aliphatic rings. The Balaban J connectivity index is 1.89. The molecule has 1 fully saturated rings. The molecule has 0 radical (unpaired) electrons. The Morgan fingerprint density at radius 2 is 2.16 bits per heavy atom. The Morgan fingerprint density at radius 1 is 1.47 bits per heavy atom. The number of benzene rings is 1. The van der Waals surface area contributed by atoms with Crippen molar-refractivity contribution in [1.82, 2.24) is 10.2 Å². The van der Waals surface area contributed by atoms with Crippen molar-refractivity contribution in [3.8, 4) is 11.5 Å². The van der Waals surface area contributed by atoms with Crippen LogP contribution in [-0.2, 0) is 0 Å². The van der Waals surface area contributed by atoms with Crippen molar-refractivity contribution in [1.29, 1.82) is 0 Å². The molecule has 1 aromatic rings. The minimum Gasteiger partial charge on any atom is -0.508 e. The van der Waals surface area contributed by atoms with Gasteiger partial charge in [-0.2, -0.15) is 0 Å². The molecule has 0 spiro atoms. The molecule has 1 atom stereocenters. The molecule has 3 N–H and O–H groups in total. The van der Waals surface area contributed by atoms with Crippen LogP contribution >= 0.6 is 0 Å². The summed E-state index contributed by atoms with van der Waals surface area (Å²) >= 11 is 0. The Kier molecular flexibility index (Phi) is 3.95. The van der Waals surface area contributed by atoms with Crippen molar-refractivity contribution < 1.29 is 15.0 Å². The van der Waals surface area contributed by atoms with Gasteiger partial charge in [0.25, 0.3) is 5.91 Å². The average Bonchev–Trinajstić information content (AvgIpc) is 3.18. The number of aromatic hydroxyl groups is 2. The summed E-state index contributed by atoms with van der Waals surface area (Å²) < 4.78 is 0. The monoisotopic (exact) mass is 264 g/mol. The zero-order valence-electron chi connectivity index (χ0n) is 11.3. The second kappa shape index (κ2) is 5.48. The molecule has 19 heavy (non-hydrogen) atoms. The first-order chi connectivity index (χ1) is 8.99. The molecule has 0 aromatic heterocycles. The Morgan fingerprint density at radius 3 is 2.74 bits per heavy atom. The van der Waals surface area contributed by atoms with Crippen LogP contribution in [0.4, 0.5) is 0 Å². The van der Waals surface area contributed by atoms with E-state index in [-0.39, 0.29) is 29.0 Å². The summed E-state index contributed by atoms with van der Waals surface area (Å²) in [4.78, 5) is 14.2. The highest BCUT2D eigenvalue weighted by molar-refractivity contribution is 5.97. The van der Waals surface area contributed by atoms with Gasteiger partial charge in [-0.05, 0) is 38.9 Å². The van der Waals surface area contributed by atoms with E-state index in [9.17, 15) is 15.0 Å². The molecule has 1 aromatic carbocycles. The predicted octanol–water partition coefficient (Wildman–Crippen LogP) is 1.31. The SMILES string of the molecule is CC(CNC(=O)c1ccc(O)cc1O)N(C)C1CC1. The van der Waals surface area contributed by atoms with Gasteiger partial charge in [-0.15, -0.1) is 0 Å². The lowest BCUT2D eigenvalue weighted by Crippen LogP contribution is -2.41. The molecule has 1 unspecified atom stereocenters. The minimum atomic E-state index is -0.325. The maximum Gasteiger partial charge on any atom is 0.255 e. The zero-order chi connectivity index (χ0) is 14.0. The molecule has 0 heterocycles. The maximum atomic E-state index is 11.9. The first-order valence-electron chi connectivity index (χ1n) is 6.51. The lowest BCUT2D eigenvalue weighted by molar-refractivity contribution is 0.0937. The summed E-state index contributed by atoms with van der Waals surface area (Å²) in [7, 11) is 2.06. The Bertz CT molecular complexity index is 472. The van der Waals surface area contributed by atoms with E-state index in [1.54, 1.807) is 0 Å². The number of hydrogen-bond donors (Lipinski definition) is 3. The molecule has 2 rings (SSSR count). The van der Waals surface area contributed by atoms with Crippen LogP contribution < -0.4 is 5.32 Å². The van der Waals surface area contributed by atoms with Crippen molar-refractivity contribution in [3.05, 3.63) is 23.8 Å². The Hall–Kier alpha value is -1.75. The first-order valence-corrected chi connectivity index (χ1v) is 6.51. The van der Waals surface area contributed by atoms with Gasteiger partial charge in [0, 0.05) is 24.7 Å². The molecule has 1 aliphatic carbocycles. The predicted molar refractivity (Wildman–Crippen MR) is 72.4 cm³/mol. The van der Waals surface area contributed by atoms with E-state index in [1.807, 2.05) is 0 Å². The fourth-order valence-corrected chi connectivity index (χ4v) is 2.03. The van der Waals surface area contributed by atoms with Gasteiger partial charge >= 0.3 is 0 Å². The standard InChI is InChI=1S/C14H20N2O3/c1-9(16(2)10-3-4-10)8-15-14(19)12-6-5-11(17)7-13(12)18/h5-7,9-10,17-18H,3-4,8H2,1-2H3,(H,15,19). The van der Waals surface area contributed by atoms with Crippen LogP contribution in [-0.4, -0.2) is 46.7 Å². The summed E-state index contributed by atoms with van der Waals surface area (Å²) in [5.41, 5.74) is 0.180. The van der Waals surface area contributed by atoms with Crippen LogP contribution in [0.5, 0.6) is 11.5 Å². The summed E-state index contributed by atoms with van der Waals surface area (Å²) in [6.07, 6.45) is 2.46. The summed E-state index contributed by atoms with van der Waals surface area (Å²) in [5.74, 6) is -0.592. The van der Waals surface area contributed by atoms with E-state index >= 15 is 0 Å². The largest absolute Gasteiger partial charge is 0.508 e. The van der Waals surface area contributed by atoms with Crippen molar-refractivity contribution >= 4 is 5.91 Å². The smallest absolute Gasteiger partial charge is 0.255 e. The minimum absolute atomic E-state index is 0.0594. The van der Waals surface area contributed by atoms with Crippen molar-refractivity contribution in [2.75, 3.05) is 13.6 Å². The molecule has 0 aliphatic heterocycles. The van der Waals surface area contributed by atoms with Crippen molar-refractivity contribution in [2.45, 2.75) is 31.8 Å². The number of nitrogens with zero attached hydrogens (tertiary/aromatic N) is 1. The number of rotatable bonds is 5. The van der Waals surface area contributed by atoms with E-state index in [1.165, 1.54) is 25.0 Å². The number of carbonyl (C=O) groups is 1. The number of carbonyl (C=O) groups excluding carboxylic acids is 1. The van der Waals surface area contributed by atoms with Crippen LogP contribution in [0.3, 0.4) is 0 Å². The zero-order valence-corrected chi connectivity index (χ0v) is 11.3. The quantitative estimate of drug-likeness (QED) is 0.749. The summed E-state index contributed by atoms with van der Waals surface area (Å²) in [6.45, 7) is 2.60. The van der Waals surface area contributed by atoms with Crippen molar-refractivity contribution in [3.63, 3.8) is 0 Å². The lowest BCUT2D eigenvalue weighted by atomic mass is 10.1. The third-order valence-electron chi connectivity index (χ3n) is 3.60. The molecule has 1 saturated carbocycles. The second-order valence-corrected chi connectivity index (χ2v) is 5.16. The average molecular weight is 264 g/mol. The number of nitrogens with one attached hydrogen (secondary N) is 1. The van der Waals surface area contributed by atoms with Gasteiger partial charge in [-0.25, -0.2) is 0 Å². The normalized spacial score (nSPS) is 16.4. The van der Waals surface area contributed by atoms with Gasteiger partial charge in [0.1, 0.15) is 11.5 Å². The molecule has 1 amide bonds. The summed E-state index contributed by atoms with van der Waals surface area (Å²) in [6, 6.07) is 4.86. The fraction of sp³-hybridized carbons (Fsp3) is 0.500. The number of hydrogen-bond acceptors (Lipinski definition) is 4. The molecule has 5 heteroatoms. The van der Waals surface area contributed by atoms with Crippen LogP contribution in [0, 0.1) is 0 Å². The molecule has 0 bridgehead atoms. The molecule has 0 saturated heterocycles. The molecular weight excluding hydrogens is 244 g/mol.